The number of aromatic nitrogens is 2. The number of imidazole rings is 1. The van der Waals surface area contributed by atoms with Gasteiger partial charge in [-0.25, -0.2) is 4.79 Å². The van der Waals surface area contributed by atoms with Gasteiger partial charge in [-0.3, -0.25) is 13.9 Å². The summed E-state index contributed by atoms with van der Waals surface area (Å²) in [6.07, 6.45) is 2.24. The smallest absolute Gasteiger partial charge is 0.329 e. The Labute approximate surface area is 133 Å². The number of nitrogens with zero attached hydrogens (tertiary/aromatic N) is 2. The molecule has 0 fully saturated rings. The van der Waals surface area contributed by atoms with E-state index in [4.69, 9.17) is 4.42 Å². The Kier molecular flexibility index (Phi) is 4.32. The lowest BCUT2D eigenvalue weighted by atomic mass is 10.3. The Balaban J connectivity index is 1.72. The lowest BCUT2D eigenvalue weighted by molar-refractivity contribution is -0.121. The second kappa shape index (κ2) is 6.56. The van der Waals surface area contributed by atoms with Gasteiger partial charge in [-0.2, -0.15) is 0 Å². The number of hydrogen-bond donors (Lipinski definition) is 1. The Morgan fingerprint density at radius 2 is 1.87 bits per heavy atom. The minimum Gasteiger partial charge on any atom is -0.469 e. The third kappa shape index (κ3) is 3.06. The summed E-state index contributed by atoms with van der Waals surface area (Å²) in [5.41, 5.74) is 1.47. The van der Waals surface area contributed by atoms with Crippen molar-refractivity contribution >= 4 is 16.9 Å². The van der Waals surface area contributed by atoms with E-state index in [2.05, 4.69) is 5.32 Å². The van der Waals surface area contributed by atoms with Crippen LogP contribution >= 0.6 is 0 Å². The summed E-state index contributed by atoms with van der Waals surface area (Å²) >= 11 is 0. The second-order valence-electron chi connectivity index (χ2n) is 5.28. The molecule has 0 unspecified atom stereocenters. The quantitative estimate of drug-likeness (QED) is 0.754. The number of benzene rings is 1. The third-order valence-electron chi connectivity index (χ3n) is 3.82. The molecule has 1 N–H and O–H groups in total. The SMILES string of the molecule is CCn1c(=O)n(CC(=O)NCCc2ccco2)c2ccccc21. The van der Waals surface area contributed by atoms with Gasteiger partial charge in [0.15, 0.2) is 0 Å². The number of carbonyl (C=O) groups is 1. The molecule has 23 heavy (non-hydrogen) atoms. The lowest BCUT2D eigenvalue weighted by Crippen LogP contribution is -2.33. The first-order valence-electron chi connectivity index (χ1n) is 7.68. The fourth-order valence-electron chi connectivity index (χ4n) is 2.71. The molecule has 0 bridgehead atoms. The molecule has 6 nitrogen and oxygen atoms in total. The molecule has 1 aromatic carbocycles. The van der Waals surface area contributed by atoms with Crippen molar-refractivity contribution in [3.63, 3.8) is 0 Å². The highest BCUT2D eigenvalue weighted by atomic mass is 16.3. The summed E-state index contributed by atoms with van der Waals surface area (Å²) in [7, 11) is 0. The summed E-state index contributed by atoms with van der Waals surface area (Å²) in [5.74, 6) is 0.641. The zero-order valence-corrected chi connectivity index (χ0v) is 13.0. The standard InChI is InChI=1S/C17H19N3O3/c1-2-19-14-7-3-4-8-15(14)20(17(19)22)12-16(21)18-10-9-13-6-5-11-23-13/h3-8,11H,2,9-10,12H2,1H3,(H,18,21). The molecule has 0 saturated heterocycles. The maximum Gasteiger partial charge on any atom is 0.329 e. The first kappa shape index (κ1) is 15.1. The van der Waals surface area contributed by atoms with Gasteiger partial charge in [0.05, 0.1) is 17.3 Å². The van der Waals surface area contributed by atoms with E-state index >= 15 is 0 Å². The maximum atomic E-state index is 12.4. The third-order valence-corrected chi connectivity index (χ3v) is 3.82. The molecule has 0 atom stereocenters. The highest BCUT2D eigenvalue weighted by Crippen LogP contribution is 2.12. The van der Waals surface area contributed by atoms with Crippen LogP contribution in [0.15, 0.2) is 51.9 Å². The number of carbonyl (C=O) groups excluding carboxylic acids is 1. The van der Waals surface area contributed by atoms with Gasteiger partial charge in [-0.15, -0.1) is 0 Å². The molecule has 3 rings (SSSR count). The predicted molar refractivity (Wildman–Crippen MR) is 87.3 cm³/mol. The Morgan fingerprint density at radius 1 is 1.13 bits per heavy atom. The van der Waals surface area contributed by atoms with Gasteiger partial charge < -0.3 is 9.73 Å². The van der Waals surface area contributed by atoms with Gasteiger partial charge in [-0.1, -0.05) is 12.1 Å². The van der Waals surface area contributed by atoms with Gasteiger partial charge in [-0.05, 0) is 31.2 Å². The van der Waals surface area contributed by atoms with E-state index in [1.807, 2.05) is 43.3 Å². The highest BCUT2D eigenvalue weighted by Gasteiger charge is 2.14. The van der Waals surface area contributed by atoms with Gasteiger partial charge >= 0.3 is 5.69 Å². The Morgan fingerprint density at radius 3 is 2.52 bits per heavy atom. The number of para-hydroxylation sites is 2. The van der Waals surface area contributed by atoms with Crippen LogP contribution in [0.5, 0.6) is 0 Å². The normalized spacial score (nSPS) is 11.0. The molecular formula is C17H19N3O3. The molecular weight excluding hydrogens is 294 g/mol. The molecule has 0 aliphatic carbocycles. The van der Waals surface area contributed by atoms with Gasteiger partial charge in [0.1, 0.15) is 12.3 Å². The fraction of sp³-hybridized carbons (Fsp3) is 0.294. The van der Waals surface area contributed by atoms with Crippen molar-refractivity contribution in [2.45, 2.75) is 26.4 Å². The van der Waals surface area contributed by atoms with E-state index in [0.29, 0.717) is 19.5 Å². The lowest BCUT2D eigenvalue weighted by Gasteiger charge is -2.05. The first-order chi connectivity index (χ1) is 11.2. The molecule has 0 aliphatic rings. The van der Waals surface area contributed by atoms with E-state index in [0.717, 1.165) is 16.8 Å². The molecule has 6 heteroatoms. The highest BCUT2D eigenvalue weighted by molar-refractivity contribution is 5.80. The molecule has 3 aromatic rings. The number of hydrogen-bond acceptors (Lipinski definition) is 3. The number of nitrogens with one attached hydrogen (secondary N) is 1. The van der Waals surface area contributed by atoms with Crippen molar-refractivity contribution in [3.05, 3.63) is 58.9 Å². The number of fused-ring (bicyclic) bond motifs is 1. The van der Waals surface area contributed by atoms with Crippen molar-refractivity contribution in [2.24, 2.45) is 0 Å². The zero-order valence-electron chi connectivity index (χ0n) is 13.0. The molecule has 1 amide bonds. The average Bonchev–Trinajstić information content (AvgIpc) is 3.15. The van der Waals surface area contributed by atoms with Crippen molar-refractivity contribution in [2.75, 3.05) is 6.54 Å². The topological polar surface area (TPSA) is 69.2 Å². The van der Waals surface area contributed by atoms with Crippen LogP contribution in [0.25, 0.3) is 11.0 Å². The molecule has 2 aromatic heterocycles. The minimum absolute atomic E-state index is 0.0184. The Hall–Kier alpha value is -2.76. The molecule has 120 valence electrons. The zero-order chi connectivity index (χ0) is 16.2. The second-order valence-corrected chi connectivity index (χ2v) is 5.28. The van der Waals surface area contributed by atoms with Crippen LogP contribution in [0, 0.1) is 0 Å². The van der Waals surface area contributed by atoms with Crippen LogP contribution in [-0.2, 0) is 24.3 Å². The van der Waals surface area contributed by atoms with Crippen LogP contribution in [0.3, 0.4) is 0 Å². The monoisotopic (exact) mass is 313 g/mol. The summed E-state index contributed by atoms with van der Waals surface area (Å²) < 4.78 is 8.41. The fourth-order valence-corrected chi connectivity index (χ4v) is 2.71. The van der Waals surface area contributed by atoms with E-state index in [1.54, 1.807) is 10.8 Å². The van der Waals surface area contributed by atoms with Crippen LogP contribution in [0.1, 0.15) is 12.7 Å². The first-order valence-corrected chi connectivity index (χ1v) is 7.68. The van der Waals surface area contributed by atoms with Crippen LogP contribution in [-0.4, -0.2) is 21.6 Å². The number of aryl methyl sites for hydroxylation is 1. The summed E-state index contributed by atoms with van der Waals surface area (Å²) in [6, 6.07) is 11.2. The summed E-state index contributed by atoms with van der Waals surface area (Å²) in [5, 5.41) is 2.82. The van der Waals surface area contributed by atoms with Crippen molar-refractivity contribution < 1.29 is 9.21 Å². The van der Waals surface area contributed by atoms with Crippen molar-refractivity contribution in [1.29, 1.82) is 0 Å². The number of amides is 1. The predicted octanol–water partition coefficient (Wildman–Crippen LogP) is 1.77. The minimum atomic E-state index is -0.183. The Bertz CT molecular complexity index is 859. The van der Waals surface area contributed by atoms with Crippen LogP contribution in [0.4, 0.5) is 0 Å². The van der Waals surface area contributed by atoms with Crippen molar-refractivity contribution in [3.8, 4) is 0 Å². The van der Waals surface area contributed by atoms with Crippen LogP contribution < -0.4 is 11.0 Å². The number of furan rings is 1. The molecule has 2 heterocycles. The van der Waals surface area contributed by atoms with E-state index < -0.39 is 0 Å². The molecule has 0 radical (unpaired) electrons. The van der Waals surface area contributed by atoms with Crippen molar-refractivity contribution in [1.82, 2.24) is 14.5 Å². The van der Waals surface area contributed by atoms with Gasteiger partial charge in [0.25, 0.3) is 0 Å². The summed E-state index contributed by atoms with van der Waals surface area (Å²) in [6.45, 7) is 2.99. The van der Waals surface area contributed by atoms with Gasteiger partial charge in [0, 0.05) is 19.5 Å². The maximum absolute atomic E-state index is 12.4. The average molecular weight is 313 g/mol. The van der Waals surface area contributed by atoms with E-state index in [-0.39, 0.29) is 18.1 Å². The number of rotatable bonds is 6. The summed E-state index contributed by atoms with van der Waals surface area (Å²) in [4.78, 5) is 24.6. The largest absolute Gasteiger partial charge is 0.469 e. The molecule has 0 spiro atoms. The molecule has 0 saturated carbocycles. The van der Waals surface area contributed by atoms with E-state index in [1.165, 1.54) is 4.57 Å². The van der Waals surface area contributed by atoms with Crippen LogP contribution in [0.2, 0.25) is 0 Å². The van der Waals surface area contributed by atoms with Gasteiger partial charge in [0.2, 0.25) is 5.91 Å². The van der Waals surface area contributed by atoms with E-state index in [9.17, 15) is 9.59 Å². The molecule has 0 aliphatic heterocycles.